The zero-order chi connectivity index (χ0) is 21.2. The second kappa shape index (κ2) is 11.5. The van der Waals surface area contributed by atoms with Crippen molar-refractivity contribution in [3.8, 4) is 0 Å². The number of carbonyl (C=O) groups excluding carboxylic acids is 2. The Kier molecular flexibility index (Phi) is 9.07. The number of nitrogens with one attached hydrogen (secondary N) is 3. The Bertz CT molecular complexity index is 839. The van der Waals surface area contributed by atoms with E-state index in [1.54, 1.807) is 12.1 Å². The highest BCUT2D eigenvalue weighted by atomic mass is 35.5. The van der Waals surface area contributed by atoms with E-state index >= 15 is 0 Å². The van der Waals surface area contributed by atoms with Crippen LogP contribution < -0.4 is 21.7 Å². The summed E-state index contributed by atoms with van der Waals surface area (Å²) in [5.41, 5.74) is 6.13. The number of nitrogens with two attached hydrogens (primary N) is 1. The summed E-state index contributed by atoms with van der Waals surface area (Å²) in [5.74, 6) is -0.618. The summed E-state index contributed by atoms with van der Waals surface area (Å²) >= 11 is 11.6. The van der Waals surface area contributed by atoms with Gasteiger partial charge in [-0.3, -0.25) is 10.1 Å². The van der Waals surface area contributed by atoms with Crippen LogP contribution >= 0.6 is 23.2 Å². The highest BCUT2D eigenvalue weighted by molar-refractivity contribution is 6.31. The molecule has 0 bridgehead atoms. The minimum Gasteiger partial charge on any atom is -0.447 e. The predicted molar refractivity (Wildman–Crippen MR) is 108 cm³/mol. The van der Waals surface area contributed by atoms with Crippen LogP contribution in [0.4, 0.5) is 15.0 Å². The maximum atomic E-state index is 13.4. The molecule has 11 heteroatoms. The number of benzene rings is 1. The molecular formula is C18H20Cl2FN5O3. The van der Waals surface area contributed by atoms with Gasteiger partial charge in [0.15, 0.2) is 0 Å². The SMILES string of the molecule is NC[C@@H](COC(=O)Nc1ccc(Cl)cn1)NC(=O)CNCc1cccc(F)c1Cl. The summed E-state index contributed by atoms with van der Waals surface area (Å²) in [6, 6.07) is 6.94. The number of amides is 2. The van der Waals surface area contributed by atoms with Gasteiger partial charge in [0.05, 0.1) is 22.6 Å². The van der Waals surface area contributed by atoms with Crippen molar-refractivity contribution in [2.24, 2.45) is 5.73 Å². The minimum absolute atomic E-state index is 0.00910. The molecule has 29 heavy (non-hydrogen) atoms. The van der Waals surface area contributed by atoms with Crippen molar-refractivity contribution in [1.82, 2.24) is 15.6 Å². The molecule has 0 fully saturated rings. The number of ether oxygens (including phenoxy) is 1. The Labute approximate surface area is 176 Å². The Balaban J connectivity index is 1.71. The molecule has 1 aromatic heterocycles. The summed E-state index contributed by atoms with van der Waals surface area (Å²) in [6.07, 6.45) is 0.635. The molecule has 0 unspecified atom stereocenters. The monoisotopic (exact) mass is 443 g/mol. The van der Waals surface area contributed by atoms with Gasteiger partial charge in [-0.2, -0.15) is 0 Å². The highest BCUT2D eigenvalue weighted by Crippen LogP contribution is 2.19. The molecule has 1 aromatic carbocycles. The number of aromatic nitrogens is 1. The molecule has 0 aliphatic heterocycles. The fraction of sp³-hybridized carbons (Fsp3) is 0.278. The highest BCUT2D eigenvalue weighted by Gasteiger charge is 2.14. The van der Waals surface area contributed by atoms with Crippen molar-refractivity contribution in [2.45, 2.75) is 12.6 Å². The van der Waals surface area contributed by atoms with Crippen molar-refractivity contribution in [2.75, 3.05) is 25.0 Å². The Morgan fingerprint density at radius 1 is 1.24 bits per heavy atom. The van der Waals surface area contributed by atoms with Crippen molar-refractivity contribution in [3.05, 3.63) is 58.0 Å². The fourth-order valence-corrected chi connectivity index (χ4v) is 2.51. The summed E-state index contributed by atoms with van der Waals surface area (Å²) in [5, 5.41) is 8.36. The average Bonchev–Trinajstić information content (AvgIpc) is 2.70. The van der Waals surface area contributed by atoms with Crippen LogP contribution in [-0.4, -0.2) is 42.7 Å². The normalized spacial score (nSPS) is 11.6. The maximum Gasteiger partial charge on any atom is 0.412 e. The van der Waals surface area contributed by atoms with Crippen LogP contribution in [0.25, 0.3) is 0 Å². The molecule has 0 aliphatic carbocycles. The molecule has 2 amide bonds. The molecule has 156 valence electrons. The van der Waals surface area contributed by atoms with Gasteiger partial charge in [0.2, 0.25) is 5.91 Å². The summed E-state index contributed by atoms with van der Waals surface area (Å²) < 4.78 is 18.4. The largest absolute Gasteiger partial charge is 0.447 e. The molecular weight excluding hydrogens is 424 g/mol. The van der Waals surface area contributed by atoms with E-state index in [1.165, 1.54) is 24.4 Å². The van der Waals surface area contributed by atoms with Crippen LogP contribution in [0.5, 0.6) is 0 Å². The van der Waals surface area contributed by atoms with E-state index in [0.717, 1.165) is 0 Å². The van der Waals surface area contributed by atoms with E-state index in [9.17, 15) is 14.0 Å². The van der Waals surface area contributed by atoms with Crippen LogP contribution in [0.3, 0.4) is 0 Å². The van der Waals surface area contributed by atoms with Gasteiger partial charge >= 0.3 is 6.09 Å². The lowest BCUT2D eigenvalue weighted by molar-refractivity contribution is -0.121. The third-order valence-electron chi connectivity index (χ3n) is 3.66. The molecule has 0 saturated carbocycles. The predicted octanol–water partition coefficient (Wildman–Crippen LogP) is 2.31. The van der Waals surface area contributed by atoms with Crippen LogP contribution in [0.15, 0.2) is 36.5 Å². The van der Waals surface area contributed by atoms with E-state index in [-0.39, 0.29) is 43.0 Å². The van der Waals surface area contributed by atoms with Gasteiger partial charge < -0.3 is 21.1 Å². The number of anilines is 1. The van der Waals surface area contributed by atoms with Crippen LogP contribution in [0.2, 0.25) is 10.0 Å². The lowest BCUT2D eigenvalue weighted by atomic mass is 10.2. The first-order valence-electron chi connectivity index (χ1n) is 8.57. The van der Waals surface area contributed by atoms with Gasteiger partial charge in [0, 0.05) is 19.3 Å². The van der Waals surface area contributed by atoms with E-state index in [1.807, 2.05) is 0 Å². The van der Waals surface area contributed by atoms with Crippen molar-refractivity contribution in [1.29, 1.82) is 0 Å². The van der Waals surface area contributed by atoms with Crippen LogP contribution in [0, 0.1) is 5.82 Å². The number of pyridine rings is 1. The van der Waals surface area contributed by atoms with Gasteiger partial charge in [-0.1, -0.05) is 35.3 Å². The quantitative estimate of drug-likeness (QED) is 0.472. The van der Waals surface area contributed by atoms with Crippen molar-refractivity contribution < 1.29 is 18.7 Å². The number of hydrogen-bond acceptors (Lipinski definition) is 6. The minimum atomic E-state index is -0.744. The fourth-order valence-electron chi connectivity index (χ4n) is 2.21. The van der Waals surface area contributed by atoms with Crippen LogP contribution in [-0.2, 0) is 16.1 Å². The molecule has 2 aromatic rings. The average molecular weight is 444 g/mol. The zero-order valence-corrected chi connectivity index (χ0v) is 16.8. The van der Waals surface area contributed by atoms with Gasteiger partial charge in [-0.05, 0) is 23.8 Å². The molecule has 2 rings (SSSR count). The zero-order valence-electron chi connectivity index (χ0n) is 15.3. The summed E-state index contributed by atoms with van der Waals surface area (Å²) in [4.78, 5) is 27.7. The molecule has 8 nitrogen and oxygen atoms in total. The topological polar surface area (TPSA) is 118 Å². The van der Waals surface area contributed by atoms with Crippen molar-refractivity contribution >= 4 is 41.0 Å². The molecule has 0 radical (unpaired) electrons. The second-order valence-electron chi connectivity index (χ2n) is 5.90. The standard InChI is InChI=1S/C18H20Cl2FN5O3/c19-12-4-5-15(24-8-12)26-18(28)29-10-13(6-22)25-16(27)9-23-7-11-2-1-3-14(21)17(11)20/h1-5,8,13,23H,6-7,9-10,22H2,(H,25,27)(H,24,26,28)/t13-/m0/s1. The van der Waals surface area contributed by atoms with E-state index in [4.69, 9.17) is 33.7 Å². The number of nitrogens with zero attached hydrogens (tertiary/aromatic N) is 1. The second-order valence-corrected chi connectivity index (χ2v) is 6.72. The third-order valence-corrected chi connectivity index (χ3v) is 4.30. The number of hydrogen-bond donors (Lipinski definition) is 4. The van der Waals surface area contributed by atoms with Gasteiger partial charge in [0.1, 0.15) is 18.2 Å². The smallest absolute Gasteiger partial charge is 0.412 e. The summed E-state index contributed by atoms with van der Waals surface area (Å²) in [7, 11) is 0. The lowest BCUT2D eigenvalue weighted by Crippen LogP contribution is -2.47. The molecule has 1 heterocycles. The Morgan fingerprint density at radius 3 is 2.72 bits per heavy atom. The maximum absolute atomic E-state index is 13.4. The lowest BCUT2D eigenvalue weighted by Gasteiger charge is -2.17. The van der Waals surface area contributed by atoms with Crippen LogP contribution in [0.1, 0.15) is 5.56 Å². The third kappa shape index (κ3) is 7.82. The molecule has 0 spiro atoms. The van der Waals surface area contributed by atoms with Gasteiger partial charge in [-0.15, -0.1) is 0 Å². The van der Waals surface area contributed by atoms with E-state index in [2.05, 4.69) is 20.9 Å². The van der Waals surface area contributed by atoms with E-state index < -0.39 is 18.0 Å². The molecule has 0 aliphatic rings. The molecule has 1 atom stereocenters. The Morgan fingerprint density at radius 2 is 2.03 bits per heavy atom. The van der Waals surface area contributed by atoms with E-state index in [0.29, 0.717) is 10.6 Å². The number of carbonyl (C=O) groups is 2. The summed E-state index contributed by atoms with van der Waals surface area (Å²) in [6.45, 7) is 0.0971. The molecule has 0 saturated heterocycles. The first kappa shape index (κ1) is 22.8. The number of halogens is 3. The first-order valence-corrected chi connectivity index (χ1v) is 9.33. The van der Waals surface area contributed by atoms with Gasteiger partial charge in [0.25, 0.3) is 0 Å². The number of rotatable bonds is 9. The van der Waals surface area contributed by atoms with Gasteiger partial charge in [-0.25, -0.2) is 14.2 Å². The molecule has 5 N–H and O–H groups in total. The Hall–Kier alpha value is -2.46. The first-order chi connectivity index (χ1) is 13.9. The van der Waals surface area contributed by atoms with Crippen molar-refractivity contribution in [3.63, 3.8) is 0 Å².